The number of ether oxygens (including phenoxy) is 1. The number of benzene rings is 3. The third-order valence-corrected chi connectivity index (χ3v) is 5.94. The third-order valence-electron chi connectivity index (χ3n) is 4.19. The Balaban J connectivity index is 1.62. The van der Waals surface area contributed by atoms with Crippen LogP contribution in [0.4, 0.5) is 0 Å². The molecule has 0 heterocycles. The number of nitrogens with one attached hydrogen (secondary N) is 1. The number of para-hydroxylation sites is 1. The van der Waals surface area contributed by atoms with Crippen molar-refractivity contribution >= 4 is 15.7 Å². The highest BCUT2D eigenvalue weighted by Gasteiger charge is 2.12. The lowest BCUT2D eigenvalue weighted by Gasteiger charge is -2.09. The van der Waals surface area contributed by atoms with Crippen LogP contribution in [0.1, 0.15) is 22.8 Å². The summed E-state index contributed by atoms with van der Waals surface area (Å²) < 4.78 is 29.5. The van der Waals surface area contributed by atoms with Crippen molar-refractivity contribution in [1.29, 1.82) is 0 Å². The molecule has 0 saturated heterocycles. The molecule has 0 aliphatic rings. The molecule has 0 aromatic heterocycles. The molecule has 0 aliphatic carbocycles. The minimum absolute atomic E-state index is 0.0277. The van der Waals surface area contributed by atoms with Crippen LogP contribution in [-0.4, -0.2) is 20.1 Å². The van der Waals surface area contributed by atoms with Crippen LogP contribution in [0.25, 0.3) is 0 Å². The zero-order valence-electron chi connectivity index (χ0n) is 15.5. The smallest absolute Gasteiger partial charge is 0.251 e. The zero-order chi connectivity index (χ0) is 20.0. The van der Waals surface area contributed by atoms with Crippen molar-refractivity contribution in [2.24, 2.45) is 0 Å². The summed E-state index contributed by atoms with van der Waals surface area (Å²) in [6, 6.07) is 22.9. The van der Waals surface area contributed by atoms with Gasteiger partial charge in [-0.15, -0.1) is 0 Å². The number of amides is 1. The van der Waals surface area contributed by atoms with Crippen molar-refractivity contribution in [2.45, 2.75) is 18.4 Å². The van der Waals surface area contributed by atoms with Gasteiger partial charge in [0.05, 0.1) is 10.6 Å². The molecule has 6 heteroatoms. The van der Waals surface area contributed by atoms with Gasteiger partial charge in [0.25, 0.3) is 5.91 Å². The van der Waals surface area contributed by atoms with Crippen molar-refractivity contribution in [3.8, 4) is 11.5 Å². The molecular weight excluding hydrogens is 374 g/mol. The molecule has 3 rings (SSSR count). The molecule has 1 amide bonds. The van der Waals surface area contributed by atoms with E-state index in [4.69, 9.17) is 4.74 Å². The van der Waals surface area contributed by atoms with Gasteiger partial charge in [0.15, 0.2) is 9.84 Å². The van der Waals surface area contributed by atoms with Gasteiger partial charge in [-0.25, -0.2) is 8.42 Å². The van der Waals surface area contributed by atoms with Crippen LogP contribution in [0.3, 0.4) is 0 Å². The second-order valence-corrected chi connectivity index (χ2v) is 8.45. The van der Waals surface area contributed by atoms with E-state index in [9.17, 15) is 13.2 Å². The lowest BCUT2D eigenvalue weighted by molar-refractivity contribution is 0.0950. The molecule has 0 fully saturated rings. The molecule has 3 aromatic carbocycles. The number of hydrogen-bond donors (Lipinski definition) is 1. The number of hydrogen-bond acceptors (Lipinski definition) is 4. The second-order valence-electron chi connectivity index (χ2n) is 6.17. The van der Waals surface area contributed by atoms with E-state index in [0.717, 1.165) is 11.3 Å². The average Bonchev–Trinajstić information content (AvgIpc) is 2.73. The Morgan fingerprint density at radius 1 is 0.893 bits per heavy atom. The van der Waals surface area contributed by atoms with Crippen molar-refractivity contribution in [3.63, 3.8) is 0 Å². The molecule has 0 unspecified atom stereocenters. The van der Waals surface area contributed by atoms with Crippen LogP contribution in [0.2, 0.25) is 0 Å². The Kier molecular flexibility index (Phi) is 6.11. The van der Waals surface area contributed by atoms with Gasteiger partial charge in [-0.05, 0) is 54.1 Å². The minimum Gasteiger partial charge on any atom is -0.457 e. The van der Waals surface area contributed by atoms with Crippen molar-refractivity contribution < 1.29 is 17.9 Å². The molecule has 144 valence electrons. The van der Waals surface area contributed by atoms with E-state index in [1.165, 1.54) is 24.3 Å². The fourth-order valence-corrected chi connectivity index (χ4v) is 3.49. The Morgan fingerprint density at radius 3 is 2.25 bits per heavy atom. The highest BCUT2D eigenvalue weighted by Crippen LogP contribution is 2.21. The van der Waals surface area contributed by atoms with Gasteiger partial charge >= 0.3 is 0 Å². The van der Waals surface area contributed by atoms with Crippen LogP contribution < -0.4 is 10.1 Å². The molecule has 0 spiro atoms. The summed E-state index contributed by atoms with van der Waals surface area (Å²) >= 11 is 0. The first-order valence-electron chi connectivity index (χ1n) is 8.91. The van der Waals surface area contributed by atoms with E-state index >= 15 is 0 Å². The lowest BCUT2D eigenvalue weighted by atomic mass is 10.2. The summed E-state index contributed by atoms with van der Waals surface area (Å²) in [7, 11) is -3.27. The van der Waals surface area contributed by atoms with Gasteiger partial charge < -0.3 is 10.1 Å². The Bertz CT molecular complexity index is 1050. The van der Waals surface area contributed by atoms with Crippen LogP contribution in [-0.2, 0) is 16.4 Å². The normalized spacial score (nSPS) is 11.0. The molecule has 0 bridgehead atoms. The molecule has 3 aromatic rings. The third kappa shape index (κ3) is 4.98. The predicted molar refractivity (Wildman–Crippen MR) is 108 cm³/mol. The van der Waals surface area contributed by atoms with E-state index in [2.05, 4.69) is 5.32 Å². The van der Waals surface area contributed by atoms with Crippen molar-refractivity contribution in [3.05, 3.63) is 90.0 Å². The van der Waals surface area contributed by atoms with Gasteiger partial charge in [-0.1, -0.05) is 37.3 Å². The average molecular weight is 395 g/mol. The van der Waals surface area contributed by atoms with Crippen molar-refractivity contribution in [1.82, 2.24) is 5.32 Å². The van der Waals surface area contributed by atoms with E-state index in [-0.39, 0.29) is 16.6 Å². The highest BCUT2D eigenvalue weighted by atomic mass is 32.2. The Labute approximate surface area is 164 Å². The maximum atomic E-state index is 12.3. The predicted octanol–water partition coefficient (Wildman–Crippen LogP) is 4.20. The molecule has 5 nitrogen and oxygen atoms in total. The SMILES string of the molecule is CCS(=O)(=O)c1ccc(C(=O)NCc2cccc(Oc3ccccc3)c2)cc1. The fourth-order valence-electron chi connectivity index (χ4n) is 2.61. The van der Waals surface area contributed by atoms with Gasteiger partial charge in [0.1, 0.15) is 11.5 Å². The van der Waals surface area contributed by atoms with E-state index in [0.29, 0.717) is 17.9 Å². The second kappa shape index (κ2) is 8.71. The van der Waals surface area contributed by atoms with Crippen LogP contribution in [0, 0.1) is 0 Å². The summed E-state index contributed by atoms with van der Waals surface area (Å²) in [5.74, 6) is 1.19. The summed E-state index contributed by atoms with van der Waals surface area (Å²) in [6.07, 6.45) is 0. The van der Waals surface area contributed by atoms with Gasteiger partial charge in [-0.3, -0.25) is 4.79 Å². The molecular formula is C22H21NO4S. The maximum absolute atomic E-state index is 12.3. The first-order chi connectivity index (χ1) is 13.5. The van der Waals surface area contributed by atoms with Crippen molar-refractivity contribution in [2.75, 3.05) is 5.75 Å². The topological polar surface area (TPSA) is 72.5 Å². The summed E-state index contributed by atoms with van der Waals surface area (Å²) in [6.45, 7) is 1.92. The molecule has 28 heavy (non-hydrogen) atoms. The largest absolute Gasteiger partial charge is 0.457 e. The summed E-state index contributed by atoms with van der Waals surface area (Å²) in [5.41, 5.74) is 1.30. The quantitative estimate of drug-likeness (QED) is 0.651. The van der Waals surface area contributed by atoms with Gasteiger partial charge in [0, 0.05) is 12.1 Å². The van der Waals surface area contributed by atoms with Crippen LogP contribution >= 0.6 is 0 Å². The maximum Gasteiger partial charge on any atom is 0.251 e. The van der Waals surface area contributed by atoms with Crippen LogP contribution in [0.5, 0.6) is 11.5 Å². The molecule has 0 atom stereocenters. The Morgan fingerprint density at radius 2 is 1.57 bits per heavy atom. The summed E-state index contributed by atoms with van der Waals surface area (Å²) in [5, 5.41) is 2.83. The molecule has 0 radical (unpaired) electrons. The van der Waals surface area contributed by atoms with E-state index in [1.807, 2.05) is 54.6 Å². The first-order valence-corrected chi connectivity index (χ1v) is 10.6. The van der Waals surface area contributed by atoms with Gasteiger partial charge in [0.2, 0.25) is 0 Å². The first kappa shape index (κ1) is 19.6. The lowest BCUT2D eigenvalue weighted by Crippen LogP contribution is -2.22. The Hall–Kier alpha value is -3.12. The fraction of sp³-hybridized carbons (Fsp3) is 0.136. The van der Waals surface area contributed by atoms with E-state index in [1.54, 1.807) is 6.92 Å². The number of sulfone groups is 1. The monoisotopic (exact) mass is 395 g/mol. The number of carbonyl (C=O) groups is 1. The molecule has 1 N–H and O–H groups in total. The minimum atomic E-state index is -3.27. The number of rotatable bonds is 7. The number of carbonyl (C=O) groups excluding carboxylic acids is 1. The zero-order valence-corrected chi connectivity index (χ0v) is 16.3. The van der Waals surface area contributed by atoms with Gasteiger partial charge in [-0.2, -0.15) is 0 Å². The highest BCUT2D eigenvalue weighted by molar-refractivity contribution is 7.91. The van der Waals surface area contributed by atoms with Crippen LogP contribution in [0.15, 0.2) is 83.8 Å². The standard InChI is InChI=1S/C22H21NO4S/c1-2-28(25,26)21-13-11-18(12-14-21)22(24)23-16-17-7-6-10-20(15-17)27-19-8-4-3-5-9-19/h3-15H,2,16H2,1H3,(H,23,24). The summed E-state index contributed by atoms with van der Waals surface area (Å²) in [4.78, 5) is 12.6. The molecule has 0 saturated carbocycles. The van der Waals surface area contributed by atoms with E-state index < -0.39 is 9.84 Å². The molecule has 0 aliphatic heterocycles.